The van der Waals surface area contributed by atoms with E-state index in [0.717, 1.165) is 12.8 Å². The summed E-state index contributed by atoms with van der Waals surface area (Å²) in [4.78, 5) is 12.2. The van der Waals surface area contributed by atoms with E-state index in [1.54, 1.807) is 12.1 Å². The van der Waals surface area contributed by atoms with Crippen LogP contribution in [0, 0.1) is 11.3 Å². The molecule has 0 spiro atoms. The molecule has 1 amide bonds. The van der Waals surface area contributed by atoms with Crippen LogP contribution in [0.15, 0.2) is 24.3 Å². The van der Waals surface area contributed by atoms with Crippen LogP contribution < -0.4 is 11.1 Å². The zero-order chi connectivity index (χ0) is 14.0. The quantitative estimate of drug-likeness (QED) is 0.819. The topological polar surface area (TPSA) is 55.1 Å². The molecule has 0 radical (unpaired) electrons. The van der Waals surface area contributed by atoms with Gasteiger partial charge in [-0.25, -0.2) is 0 Å². The highest BCUT2D eigenvalue weighted by atomic mass is 35.5. The van der Waals surface area contributed by atoms with Crippen molar-refractivity contribution in [1.29, 1.82) is 0 Å². The van der Waals surface area contributed by atoms with Crippen LogP contribution in [-0.4, -0.2) is 11.9 Å². The van der Waals surface area contributed by atoms with Crippen LogP contribution in [0.3, 0.4) is 0 Å². The largest absolute Gasteiger partial charge is 0.399 e. The molecule has 0 heterocycles. The van der Waals surface area contributed by atoms with Gasteiger partial charge in [-0.2, -0.15) is 0 Å². The Labute approximate surface area is 127 Å². The number of amides is 1. The van der Waals surface area contributed by atoms with Crippen molar-refractivity contribution in [2.24, 2.45) is 11.3 Å². The number of hydrogen-bond acceptors (Lipinski definition) is 2. The average Bonchev–Trinajstić information content (AvgIpc) is 2.32. The normalized spacial score (nSPS) is 24.6. The Kier molecular flexibility index (Phi) is 5.46. The van der Waals surface area contributed by atoms with E-state index in [1.165, 1.54) is 6.42 Å². The SMILES string of the molecule is CC1CC(C)(C)CCC1NC(=O)c1cccc(N)c1.Cl. The van der Waals surface area contributed by atoms with E-state index in [-0.39, 0.29) is 24.4 Å². The summed E-state index contributed by atoms with van der Waals surface area (Å²) < 4.78 is 0. The van der Waals surface area contributed by atoms with Crippen molar-refractivity contribution < 1.29 is 4.79 Å². The van der Waals surface area contributed by atoms with E-state index >= 15 is 0 Å². The standard InChI is InChI=1S/C16H24N2O.ClH/c1-11-10-16(2,3)8-7-14(11)18-15(19)12-5-4-6-13(17)9-12;/h4-6,9,11,14H,7-8,10,17H2,1-3H3,(H,18,19);1H. The van der Waals surface area contributed by atoms with Gasteiger partial charge in [0.05, 0.1) is 0 Å². The van der Waals surface area contributed by atoms with Gasteiger partial charge in [0, 0.05) is 17.3 Å². The Balaban J connectivity index is 0.00000200. The number of nitrogens with one attached hydrogen (secondary N) is 1. The summed E-state index contributed by atoms with van der Waals surface area (Å²) in [5.41, 5.74) is 7.39. The monoisotopic (exact) mass is 296 g/mol. The minimum absolute atomic E-state index is 0. The third-order valence-corrected chi connectivity index (χ3v) is 4.16. The van der Waals surface area contributed by atoms with E-state index < -0.39 is 0 Å². The van der Waals surface area contributed by atoms with E-state index in [4.69, 9.17) is 5.73 Å². The molecule has 3 nitrogen and oxygen atoms in total. The first-order valence-corrected chi connectivity index (χ1v) is 7.04. The van der Waals surface area contributed by atoms with Gasteiger partial charge in [-0.1, -0.05) is 26.8 Å². The molecule has 112 valence electrons. The highest BCUT2D eigenvalue weighted by molar-refractivity contribution is 5.95. The van der Waals surface area contributed by atoms with Crippen LogP contribution in [-0.2, 0) is 0 Å². The molecule has 1 aromatic carbocycles. The molecule has 0 saturated heterocycles. The van der Waals surface area contributed by atoms with Crippen molar-refractivity contribution in [3.8, 4) is 0 Å². The zero-order valence-corrected chi connectivity index (χ0v) is 13.3. The van der Waals surface area contributed by atoms with Gasteiger partial charge in [0.2, 0.25) is 0 Å². The molecule has 20 heavy (non-hydrogen) atoms. The number of carbonyl (C=O) groups is 1. The molecule has 0 aromatic heterocycles. The molecule has 1 aromatic rings. The lowest BCUT2D eigenvalue weighted by Gasteiger charge is -2.39. The number of nitrogen functional groups attached to an aromatic ring is 1. The van der Waals surface area contributed by atoms with Crippen LogP contribution in [0.1, 0.15) is 50.4 Å². The van der Waals surface area contributed by atoms with E-state index in [2.05, 4.69) is 26.1 Å². The Morgan fingerprint density at radius 2 is 2.10 bits per heavy atom. The van der Waals surface area contributed by atoms with Crippen molar-refractivity contribution in [2.45, 2.75) is 46.1 Å². The number of nitrogens with two attached hydrogens (primary N) is 1. The molecule has 2 unspecified atom stereocenters. The van der Waals surface area contributed by atoms with Gasteiger partial charge in [0.25, 0.3) is 5.91 Å². The van der Waals surface area contributed by atoms with Crippen molar-refractivity contribution in [2.75, 3.05) is 5.73 Å². The van der Waals surface area contributed by atoms with Gasteiger partial charge in [0.1, 0.15) is 0 Å². The fourth-order valence-electron chi connectivity index (χ4n) is 3.09. The maximum Gasteiger partial charge on any atom is 0.251 e. The number of carbonyl (C=O) groups excluding carboxylic acids is 1. The first-order chi connectivity index (χ1) is 8.87. The summed E-state index contributed by atoms with van der Waals surface area (Å²) in [5.74, 6) is 0.512. The molecule has 0 aliphatic heterocycles. The van der Waals surface area contributed by atoms with Crippen LogP contribution in [0.25, 0.3) is 0 Å². The number of benzene rings is 1. The number of rotatable bonds is 2. The molecule has 1 saturated carbocycles. The molecule has 3 N–H and O–H groups in total. The Morgan fingerprint density at radius 1 is 1.40 bits per heavy atom. The number of anilines is 1. The van der Waals surface area contributed by atoms with Crippen molar-refractivity contribution >= 4 is 24.0 Å². The zero-order valence-electron chi connectivity index (χ0n) is 12.5. The summed E-state index contributed by atoms with van der Waals surface area (Å²) >= 11 is 0. The van der Waals surface area contributed by atoms with Crippen LogP contribution in [0.5, 0.6) is 0 Å². The van der Waals surface area contributed by atoms with Crippen LogP contribution in [0.2, 0.25) is 0 Å². The first-order valence-electron chi connectivity index (χ1n) is 7.04. The van der Waals surface area contributed by atoms with E-state index in [9.17, 15) is 4.79 Å². The summed E-state index contributed by atoms with van der Waals surface area (Å²) in [6.45, 7) is 6.84. The Hall–Kier alpha value is -1.22. The Bertz CT molecular complexity index is 473. The Morgan fingerprint density at radius 3 is 2.70 bits per heavy atom. The molecular formula is C16H25ClN2O. The highest BCUT2D eigenvalue weighted by Crippen LogP contribution is 2.38. The lowest BCUT2D eigenvalue weighted by molar-refractivity contribution is 0.0861. The summed E-state index contributed by atoms with van der Waals surface area (Å²) in [7, 11) is 0. The highest BCUT2D eigenvalue weighted by Gasteiger charge is 2.33. The lowest BCUT2D eigenvalue weighted by Crippen LogP contribution is -2.44. The molecule has 4 heteroatoms. The predicted molar refractivity (Wildman–Crippen MR) is 86.2 cm³/mol. The van der Waals surface area contributed by atoms with Gasteiger partial charge >= 0.3 is 0 Å². The van der Waals surface area contributed by atoms with Crippen LogP contribution in [0.4, 0.5) is 5.69 Å². The molecule has 0 bridgehead atoms. The smallest absolute Gasteiger partial charge is 0.251 e. The fraction of sp³-hybridized carbons (Fsp3) is 0.562. The van der Waals surface area contributed by atoms with Gasteiger partial charge in [0.15, 0.2) is 0 Å². The second-order valence-corrected chi connectivity index (χ2v) is 6.59. The summed E-state index contributed by atoms with van der Waals surface area (Å²) in [5, 5.41) is 3.16. The molecule has 2 atom stereocenters. The average molecular weight is 297 g/mol. The molecule has 1 fully saturated rings. The maximum absolute atomic E-state index is 12.2. The van der Waals surface area contributed by atoms with Gasteiger partial charge in [-0.15, -0.1) is 12.4 Å². The minimum atomic E-state index is -0.0103. The van der Waals surface area contributed by atoms with Crippen molar-refractivity contribution in [3.63, 3.8) is 0 Å². The molecule has 1 aliphatic rings. The van der Waals surface area contributed by atoms with Gasteiger partial charge in [-0.3, -0.25) is 4.79 Å². The van der Waals surface area contributed by atoms with E-state index in [0.29, 0.717) is 22.6 Å². The summed E-state index contributed by atoms with van der Waals surface area (Å²) in [6.07, 6.45) is 3.39. The maximum atomic E-state index is 12.2. The van der Waals surface area contributed by atoms with Crippen LogP contribution >= 0.6 is 12.4 Å². The third kappa shape index (κ3) is 4.14. The third-order valence-electron chi connectivity index (χ3n) is 4.16. The molecular weight excluding hydrogens is 272 g/mol. The fourth-order valence-corrected chi connectivity index (χ4v) is 3.09. The molecule has 1 aliphatic carbocycles. The van der Waals surface area contributed by atoms with Crippen molar-refractivity contribution in [3.05, 3.63) is 29.8 Å². The first kappa shape index (κ1) is 16.8. The van der Waals surface area contributed by atoms with Crippen molar-refractivity contribution in [1.82, 2.24) is 5.32 Å². The second-order valence-electron chi connectivity index (χ2n) is 6.59. The predicted octanol–water partition coefficient (Wildman–Crippen LogP) is 3.64. The van der Waals surface area contributed by atoms with Gasteiger partial charge in [-0.05, 0) is 48.8 Å². The van der Waals surface area contributed by atoms with Gasteiger partial charge < -0.3 is 11.1 Å². The lowest BCUT2D eigenvalue weighted by atomic mass is 9.70. The second kappa shape index (κ2) is 6.49. The minimum Gasteiger partial charge on any atom is -0.399 e. The number of hydrogen-bond donors (Lipinski definition) is 2. The summed E-state index contributed by atoms with van der Waals surface area (Å²) in [6, 6.07) is 7.43. The van der Waals surface area contributed by atoms with E-state index in [1.807, 2.05) is 12.1 Å². The number of halogens is 1. The molecule has 2 rings (SSSR count).